The molecule has 0 saturated carbocycles. The molecule has 0 spiro atoms. The summed E-state index contributed by atoms with van der Waals surface area (Å²) in [6.45, 7) is 3.71. The zero-order chi connectivity index (χ0) is 9.30. The van der Waals surface area contributed by atoms with E-state index >= 15 is 0 Å². The molecule has 0 radical (unpaired) electrons. The molecule has 0 aromatic heterocycles. The maximum absolute atomic E-state index is 9.58. The molecule has 1 fully saturated rings. The molecule has 12 heavy (non-hydrogen) atoms. The lowest BCUT2D eigenvalue weighted by atomic mass is 9.93. The number of aliphatic hydroxyl groups excluding tert-OH is 3. The highest BCUT2D eigenvalue weighted by Crippen LogP contribution is 2.35. The smallest absolute Gasteiger partial charge is 0.0731 e. The van der Waals surface area contributed by atoms with Crippen molar-refractivity contribution in [2.24, 2.45) is 5.92 Å². The van der Waals surface area contributed by atoms with Crippen molar-refractivity contribution in [3.05, 3.63) is 0 Å². The summed E-state index contributed by atoms with van der Waals surface area (Å²) in [5.41, 5.74) is 0. The van der Waals surface area contributed by atoms with E-state index in [1.807, 2.05) is 13.8 Å². The first-order valence-electron chi connectivity index (χ1n) is 4.20. The molecular weight excluding hydrogens is 176 g/mol. The topological polar surface area (TPSA) is 60.7 Å². The fourth-order valence-electron chi connectivity index (χ4n) is 1.56. The van der Waals surface area contributed by atoms with E-state index in [1.165, 1.54) is 11.8 Å². The summed E-state index contributed by atoms with van der Waals surface area (Å²) in [7, 11) is 0. The highest BCUT2D eigenvalue weighted by molar-refractivity contribution is 8.00. The van der Waals surface area contributed by atoms with Gasteiger partial charge < -0.3 is 15.3 Å². The molecule has 0 bridgehead atoms. The van der Waals surface area contributed by atoms with Crippen LogP contribution in [0.2, 0.25) is 0 Å². The first kappa shape index (κ1) is 10.3. The Balaban J connectivity index is 2.63. The Morgan fingerprint density at radius 1 is 1.17 bits per heavy atom. The Morgan fingerprint density at radius 3 is 2.25 bits per heavy atom. The average molecular weight is 192 g/mol. The van der Waals surface area contributed by atoms with Crippen LogP contribution in [0.1, 0.15) is 13.8 Å². The first-order chi connectivity index (χ1) is 5.57. The second-order valence-electron chi connectivity index (χ2n) is 3.40. The second kappa shape index (κ2) is 3.96. The quantitative estimate of drug-likeness (QED) is 0.540. The van der Waals surface area contributed by atoms with Crippen LogP contribution in [-0.4, -0.2) is 44.6 Å². The molecule has 5 atom stereocenters. The van der Waals surface area contributed by atoms with Crippen LogP contribution in [0.4, 0.5) is 0 Å². The average Bonchev–Trinajstić information content (AvgIpc) is 2.08. The van der Waals surface area contributed by atoms with Gasteiger partial charge in [-0.2, -0.15) is 0 Å². The molecule has 3 nitrogen and oxygen atoms in total. The van der Waals surface area contributed by atoms with Crippen LogP contribution < -0.4 is 0 Å². The SMILES string of the molecule is C[C@@H]1[C@@H](O)[C@H](C)S[C@H](CO)[C@H]1O. The fourth-order valence-corrected chi connectivity index (χ4v) is 3.01. The number of thioether (sulfide) groups is 1. The summed E-state index contributed by atoms with van der Waals surface area (Å²) in [6.07, 6.45) is -1.06. The van der Waals surface area contributed by atoms with Crippen LogP contribution >= 0.6 is 11.8 Å². The van der Waals surface area contributed by atoms with Gasteiger partial charge in [0.2, 0.25) is 0 Å². The molecule has 3 N–H and O–H groups in total. The first-order valence-corrected chi connectivity index (χ1v) is 5.14. The van der Waals surface area contributed by atoms with Gasteiger partial charge >= 0.3 is 0 Å². The molecule has 0 unspecified atom stereocenters. The molecule has 1 heterocycles. The Morgan fingerprint density at radius 2 is 1.75 bits per heavy atom. The van der Waals surface area contributed by atoms with E-state index in [2.05, 4.69) is 0 Å². The van der Waals surface area contributed by atoms with Crippen LogP contribution in [0, 0.1) is 5.92 Å². The lowest BCUT2D eigenvalue weighted by Gasteiger charge is -2.39. The zero-order valence-corrected chi connectivity index (χ0v) is 8.16. The monoisotopic (exact) mass is 192 g/mol. The molecule has 4 heteroatoms. The van der Waals surface area contributed by atoms with Crippen molar-refractivity contribution >= 4 is 11.8 Å². The summed E-state index contributed by atoms with van der Waals surface area (Å²) in [4.78, 5) is 0. The number of hydrogen-bond acceptors (Lipinski definition) is 4. The standard InChI is InChI=1S/C8H16O3S/c1-4-7(10)5(2)12-6(3-9)8(4)11/h4-11H,3H2,1-2H3/t4-,5+,6-,7-,8+/m1/s1. The third-order valence-electron chi connectivity index (χ3n) is 2.51. The molecule has 0 aromatic carbocycles. The summed E-state index contributed by atoms with van der Waals surface area (Å²) < 4.78 is 0. The summed E-state index contributed by atoms with van der Waals surface area (Å²) in [5, 5.41) is 28.0. The fraction of sp³-hybridized carbons (Fsp3) is 1.00. The van der Waals surface area contributed by atoms with Gasteiger partial charge in [-0.3, -0.25) is 0 Å². The lowest BCUT2D eigenvalue weighted by Crippen LogP contribution is -2.48. The van der Waals surface area contributed by atoms with Gasteiger partial charge in [-0.15, -0.1) is 11.8 Å². The van der Waals surface area contributed by atoms with Gasteiger partial charge in [0.1, 0.15) is 0 Å². The maximum atomic E-state index is 9.58. The highest BCUT2D eigenvalue weighted by atomic mass is 32.2. The van der Waals surface area contributed by atoms with Crippen LogP contribution in [0.25, 0.3) is 0 Å². The minimum Gasteiger partial charge on any atom is -0.395 e. The van der Waals surface area contributed by atoms with Crippen molar-refractivity contribution in [2.45, 2.75) is 36.6 Å². The van der Waals surface area contributed by atoms with Gasteiger partial charge in [-0.25, -0.2) is 0 Å². The maximum Gasteiger partial charge on any atom is 0.0731 e. The molecule has 1 saturated heterocycles. The molecule has 1 rings (SSSR count). The molecule has 0 aliphatic carbocycles. The van der Waals surface area contributed by atoms with Gasteiger partial charge in [-0.1, -0.05) is 13.8 Å². The van der Waals surface area contributed by atoms with Gasteiger partial charge in [0.25, 0.3) is 0 Å². The van der Waals surface area contributed by atoms with Crippen molar-refractivity contribution in [2.75, 3.05) is 6.61 Å². The van der Waals surface area contributed by atoms with Crippen LogP contribution in [0.15, 0.2) is 0 Å². The second-order valence-corrected chi connectivity index (χ2v) is 5.02. The van der Waals surface area contributed by atoms with Crippen molar-refractivity contribution < 1.29 is 15.3 Å². The molecule has 1 aliphatic rings. The molecule has 0 aromatic rings. The van der Waals surface area contributed by atoms with E-state index in [4.69, 9.17) is 5.11 Å². The van der Waals surface area contributed by atoms with Crippen molar-refractivity contribution in [3.8, 4) is 0 Å². The predicted octanol–water partition coefficient (Wildman–Crippen LogP) is -0.159. The Kier molecular flexibility index (Phi) is 3.40. The summed E-state index contributed by atoms with van der Waals surface area (Å²) in [6, 6.07) is 0. The molecular formula is C8H16O3S. The van der Waals surface area contributed by atoms with E-state index in [1.54, 1.807) is 0 Å². The van der Waals surface area contributed by atoms with E-state index in [0.717, 1.165) is 0 Å². The minimum absolute atomic E-state index is 0.0206. The number of hydrogen-bond donors (Lipinski definition) is 3. The Bertz CT molecular complexity index is 148. The largest absolute Gasteiger partial charge is 0.395 e. The van der Waals surface area contributed by atoms with Gasteiger partial charge in [-0.05, 0) is 0 Å². The normalized spacial score (nSPS) is 49.2. The lowest BCUT2D eigenvalue weighted by molar-refractivity contribution is 0.00591. The zero-order valence-electron chi connectivity index (χ0n) is 7.34. The van der Waals surface area contributed by atoms with Crippen LogP contribution in [0.5, 0.6) is 0 Å². The number of aliphatic hydroxyl groups is 3. The van der Waals surface area contributed by atoms with Gasteiger partial charge in [0.05, 0.1) is 24.1 Å². The van der Waals surface area contributed by atoms with E-state index in [9.17, 15) is 10.2 Å². The van der Waals surface area contributed by atoms with E-state index in [0.29, 0.717) is 0 Å². The summed E-state index contributed by atoms with van der Waals surface area (Å²) >= 11 is 1.46. The number of rotatable bonds is 1. The highest BCUT2D eigenvalue weighted by Gasteiger charge is 2.39. The third-order valence-corrected chi connectivity index (χ3v) is 3.99. The van der Waals surface area contributed by atoms with Gasteiger partial charge in [0.15, 0.2) is 0 Å². The van der Waals surface area contributed by atoms with E-state index in [-0.39, 0.29) is 23.0 Å². The third kappa shape index (κ3) is 1.76. The van der Waals surface area contributed by atoms with Crippen molar-refractivity contribution in [3.63, 3.8) is 0 Å². The van der Waals surface area contributed by atoms with Gasteiger partial charge in [0, 0.05) is 11.2 Å². The van der Waals surface area contributed by atoms with E-state index < -0.39 is 12.2 Å². The molecule has 72 valence electrons. The predicted molar refractivity (Wildman–Crippen MR) is 49.1 cm³/mol. The van der Waals surface area contributed by atoms with Crippen molar-refractivity contribution in [1.82, 2.24) is 0 Å². The minimum atomic E-state index is -0.591. The molecule has 1 aliphatic heterocycles. The van der Waals surface area contributed by atoms with Crippen LogP contribution in [-0.2, 0) is 0 Å². The summed E-state index contributed by atoms with van der Waals surface area (Å²) in [5.74, 6) is -0.140. The Hall–Kier alpha value is 0.230. The molecule has 0 amide bonds. The van der Waals surface area contributed by atoms with Crippen molar-refractivity contribution in [1.29, 1.82) is 0 Å². The Labute approximate surface area is 76.8 Å². The van der Waals surface area contributed by atoms with Crippen LogP contribution in [0.3, 0.4) is 0 Å².